The molecule has 0 aromatic carbocycles. The summed E-state index contributed by atoms with van der Waals surface area (Å²) in [7, 11) is 1.77. The number of ether oxygens (including phenoxy) is 1. The van der Waals surface area contributed by atoms with Crippen molar-refractivity contribution in [3.05, 3.63) is 6.42 Å². The molecule has 0 heterocycles. The lowest BCUT2D eigenvalue weighted by atomic mass is 10.2. The summed E-state index contributed by atoms with van der Waals surface area (Å²) in [5, 5.41) is 0. The lowest BCUT2D eigenvalue weighted by molar-refractivity contribution is 0.0297. The van der Waals surface area contributed by atoms with E-state index < -0.39 is 5.60 Å². The van der Waals surface area contributed by atoms with Crippen LogP contribution in [0.25, 0.3) is 0 Å². The number of unbranched alkanes of at least 4 members (excludes halogenated alkanes) is 2. The molecular weight excluding hydrogens is 178 g/mol. The molecule has 0 aliphatic carbocycles. The Morgan fingerprint density at radius 2 is 2.00 bits per heavy atom. The second kappa shape index (κ2) is 5.89. The summed E-state index contributed by atoms with van der Waals surface area (Å²) in [5.74, 6) is 0. The third-order valence-corrected chi connectivity index (χ3v) is 1.69. The molecule has 0 aromatic rings. The fourth-order valence-corrected chi connectivity index (χ4v) is 0.964. The Balaban J connectivity index is 3.77. The Morgan fingerprint density at radius 1 is 1.43 bits per heavy atom. The molecule has 0 aromatic heterocycles. The molecule has 0 aliphatic rings. The van der Waals surface area contributed by atoms with Gasteiger partial charge in [-0.15, -0.1) is 0 Å². The Hall–Kier alpha value is -0.730. The minimum atomic E-state index is -0.401. The third kappa shape index (κ3) is 6.75. The third-order valence-electron chi connectivity index (χ3n) is 1.69. The molecule has 0 unspecified atom stereocenters. The van der Waals surface area contributed by atoms with Crippen LogP contribution in [0.4, 0.5) is 4.79 Å². The average molecular weight is 200 g/mol. The highest BCUT2D eigenvalue weighted by molar-refractivity contribution is 5.67. The summed E-state index contributed by atoms with van der Waals surface area (Å²) in [5.41, 5.74) is -0.401. The lowest BCUT2D eigenvalue weighted by Crippen LogP contribution is -2.34. The van der Waals surface area contributed by atoms with E-state index in [9.17, 15) is 4.79 Å². The molecule has 0 saturated carbocycles. The van der Waals surface area contributed by atoms with Crippen LogP contribution in [0.5, 0.6) is 0 Å². The first-order valence-electron chi connectivity index (χ1n) is 5.09. The number of carbonyl (C=O) groups excluding carboxylic acids is 1. The van der Waals surface area contributed by atoms with Crippen molar-refractivity contribution in [3.63, 3.8) is 0 Å². The first-order chi connectivity index (χ1) is 6.37. The largest absolute Gasteiger partial charge is 0.444 e. The van der Waals surface area contributed by atoms with Crippen molar-refractivity contribution in [3.8, 4) is 0 Å². The lowest BCUT2D eigenvalue weighted by Gasteiger charge is -2.24. The van der Waals surface area contributed by atoms with Gasteiger partial charge in [0, 0.05) is 13.6 Å². The van der Waals surface area contributed by atoms with Crippen LogP contribution in [0, 0.1) is 6.42 Å². The van der Waals surface area contributed by atoms with E-state index in [0.717, 1.165) is 19.4 Å². The molecule has 1 amide bonds. The van der Waals surface area contributed by atoms with Crippen molar-refractivity contribution < 1.29 is 9.53 Å². The highest BCUT2D eigenvalue weighted by atomic mass is 16.6. The van der Waals surface area contributed by atoms with Gasteiger partial charge in [0.1, 0.15) is 5.60 Å². The Morgan fingerprint density at radius 3 is 2.43 bits per heavy atom. The van der Waals surface area contributed by atoms with E-state index in [-0.39, 0.29) is 6.09 Å². The standard InChI is InChI=1S/C11H22NO2/c1-6-7-8-9-12(5)10(13)14-11(2,3)4/h6H,7-9H2,1-5H3. The van der Waals surface area contributed by atoms with Crippen molar-refractivity contribution in [2.24, 2.45) is 0 Å². The van der Waals surface area contributed by atoms with Gasteiger partial charge in [0.05, 0.1) is 0 Å². The molecule has 3 heteroatoms. The van der Waals surface area contributed by atoms with Gasteiger partial charge in [-0.25, -0.2) is 4.79 Å². The number of amides is 1. The van der Waals surface area contributed by atoms with Crippen LogP contribution in [0.15, 0.2) is 0 Å². The Labute approximate surface area is 87.4 Å². The molecule has 0 N–H and O–H groups in total. The maximum atomic E-state index is 11.4. The van der Waals surface area contributed by atoms with Crippen LogP contribution < -0.4 is 0 Å². The van der Waals surface area contributed by atoms with E-state index in [1.807, 2.05) is 27.7 Å². The zero-order valence-electron chi connectivity index (χ0n) is 9.96. The van der Waals surface area contributed by atoms with Crippen LogP contribution in [0.2, 0.25) is 0 Å². The summed E-state index contributed by atoms with van der Waals surface area (Å²) >= 11 is 0. The maximum absolute atomic E-state index is 11.4. The van der Waals surface area contributed by atoms with Crippen LogP contribution in [-0.4, -0.2) is 30.2 Å². The molecule has 3 nitrogen and oxygen atoms in total. The first-order valence-corrected chi connectivity index (χ1v) is 5.09. The topological polar surface area (TPSA) is 29.5 Å². The van der Waals surface area contributed by atoms with Gasteiger partial charge in [0.25, 0.3) is 0 Å². The second-order valence-electron chi connectivity index (χ2n) is 4.45. The van der Waals surface area contributed by atoms with E-state index in [4.69, 9.17) is 4.74 Å². The number of hydrogen-bond acceptors (Lipinski definition) is 2. The number of hydrogen-bond donors (Lipinski definition) is 0. The molecule has 0 atom stereocenters. The van der Waals surface area contributed by atoms with Crippen molar-refractivity contribution in [2.45, 2.75) is 46.1 Å². The van der Waals surface area contributed by atoms with Crippen LogP contribution in [0.3, 0.4) is 0 Å². The van der Waals surface area contributed by atoms with Gasteiger partial charge in [-0.2, -0.15) is 0 Å². The minimum absolute atomic E-state index is 0.242. The molecule has 1 radical (unpaired) electrons. The second-order valence-corrected chi connectivity index (χ2v) is 4.45. The fraction of sp³-hybridized carbons (Fsp3) is 0.818. The molecule has 0 saturated heterocycles. The van der Waals surface area contributed by atoms with E-state index in [1.54, 1.807) is 11.9 Å². The quantitative estimate of drug-likeness (QED) is 0.653. The van der Waals surface area contributed by atoms with Gasteiger partial charge in [0.15, 0.2) is 0 Å². The smallest absolute Gasteiger partial charge is 0.410 e. The molecule has 83 valence electrons. The highest BCUT2D eigenvalue weighted by Crippen LogP contribution is 2.09. The van der Waals surface area contributed by atoms with Gasteiger partial charge in [-0.1, -0.05) is 6.92 Å². The molecule has 0 aliphatic heterocycles. The first kappa shape index (κ1) is 13.3. The van der Waals surface area contributed by atoms with Gasteiger partial charge < -0.3 is 9.64 Å². The molecule has 0 rings (SSSR count). The number of nitrogens with zero attached hydrogens (tertiary/aromatic N) is 1. The van der Waals surface area contributed by atoms with Crippen LogP contribution in [0.1, 0.15) is 40.5 Å². The van der Waals surface area contributed by atoms with Gasteiger partial charge >= 0.3 is 6.09 Å². The van der Waals surface area contributed by atoms with Crippen molar-refractivity contribution in [1.82, 2.24) is 4.90 Å². The van der Waals surface area contributed by atoms with E-state index >= 15 is 0 Å². The van der Waals surface area contributed by atoms with Crippen LogP contribution in [-0.2, 0) is 4.74 Å². The van der Waals surface area contributed by atoms with Crippen molar-refractivity contribution in [2.75, 3.05) is 13.6 Å². The van der Waals surface area contributed by atoms with E-state index in [2.05, 4.69) is 6.42 Å². The predicted octanol–water partition coefficient (Wildman–Crippen LogP) is 2.86. The van der Waals surface area contributed by atoms with Crippen molar-refractivity contribution >= 4 is 6.09 Å². The molecular formula is C11H22NO2. The minimum Gasteiger partial charge on any atom is -0.444 e. The summed E-state index contributed by atoms with van der Waals surface area (Å²) in [6, 6.07) is 0. The fourth-order valence-electron chi connectivity index (χ4n) is 0.964. The average Bonchev–Trinajstić information content (AvgIpc) is 2.01. The van der Waals surface area contributed by atoms with Gasteiger partial charge in [-0.3, -0.25) is 0 Å². The maximum Gasteiger partial charge on any atom is 0.410 e. The SMILES string of the molecule is C[CH]CCCN(C)C(=O)OC(C)(C)C. The molecule has 0 spiro atoms. The van der Waals surface area contributed by atoms with Gasteiger partial charge in [-0.05, 0) is 40.0 Å². The zero-order chi connectivity index (χ0) is 11.2. The van der Waals surface area contributed by atoms with E-state index in [1.165, 1.54) is 0 Å². The summed E-state index contributed by atoms with van der Waals surface area (Å²) in [6.45, 7) is 8.39. The number of rotatable bonds is 4. The zero-order valence-corrected chi connectivity index (χ0v) is 9.96. The summed E-state index contributed by atoms with van der Waals surface area (Å²) < 4.78 is 5.21. The Bertz CT molecular complexity index is 173. The summed E-state index contributed by atoms with van der Waals surface area (Å²) in [6.07, 6.45) is 3.89. The predicted molar refractivity (Wildman–Crippen MR) is 58.1 cm³/mol. The highest BCUT2D eigenvalue weighted by Gasteiger charge is 2.18. The number of carbonyl (C=O) groups is 1. The monoisotopic (exact) mass is 200 g/mol. The Kier molecular flexibility index (Phi) is 5.58. The van der Waals surface area contributed by atoms with Gasteiger partial charge in [0.2, 0.25) is 0 Å². The van der Waals surface area contributed by atoms with Crippen molar-refractivity contribution in [1.29, 1.82) is 0 Å². The molecule has 14 heavy (non-hydrogen) atoms. The van der Waals surface area contributed by atoms with E-state index in [0.29, 0.717) is 0 Å². The van der Waals surface area contributed by atoms with Crippen LogP contribution >= 0.6 is 0 Å². The molecule has 0 fully saturated rings. The molecule has 0 bridgehead atoms. The summed E-state index contributed by atoms with van der Waals surface area (Å²) in [4.78, 5) is 13.1. The normalized spacial score (nSPS) is 11.2.